The fourth-order valence-corrected chi connectivity index (χ4v) is 3.62. The van der Waals surface area contributed by atoms with Gasteiger partial charge < -0.3 is 14.8 Å². The SMILES string of the molecule is COc1cccc(CCCNC(=O)C2(c3ccccc3)CCOCC2)c1. The van der Waals surface area contributed by atoms with Crippen molar-refractivity contribution in [3.8, 4) is 5.75 Å². The number of benzene rings is 2. The van der Waals surface area contributed by atoms with Crippen LogP contribution in [0.1, 0.15) is 30.4 Å². The Morgan fingerprint density at radius 2 is 1.88 bits per heavy atom. The largest absolute Gasteiger partial charge is 0.497 e. The Bertz CT molecular complexity index is 708. The van der Waals surface area contributed by atoms with Crippen LogP contribution in [-0.4, -0.2) is 32.8 Å². The van der Waals surface area contributed by atoms with E-state index in [0.717, 1.165) is 37.0 Å². The zero-order valence-electron chi connectivity index (χ0n) is 15.4. The van der Waals surface area contributed by atoms with Crippen LogP contribution in [-0.2, 0) is 21.4 Å². The summed E-state index contributed by atoms with van der Waals surface area (Å²) in [6.07, 6.45) is 3.29. The molecular formula is C22H27NO3. The molecule has 0 aliphatic carbocycles. The standard InChI is InChI=1S/C22H27NO3/c1-25-20-11-5-7-18(17-20)8-6-14-23-21(24)22(12-15-26-16-13-22)19-9-3-2-4-10-19/h2-5,7,9-11,17H,6,8,12-16H2,1H3,(H,23,24). The first kappa shape index (κ1) is 18.5. The van der Waals surface area contributed by atoms with Crippen LogP contribution in [0.3, 0.4) is 0 Å². The molecule has 1 N–H and O–H groups in total. The van der Waals surface area contributed by atoms with E-state index in [0.29, 0.717) is 19.8 Å². The van der Waals surface area contributed by atoms with E-state index < -0.39 is 5.41 Å². The van der Waals surface area contributed by atoms with Crippen molar-refractivity contribution in [1.29, 1.82) is 0 Å². The number of ether oxygens (including phenoxy) is 2. The molecule has 0 saturated carbocycles. The molecular weight excluding hydrogens is 326 g/mol. The summed E-state index contributed by atoms with van der Waals surface area (Å²) >= 11 is 0. The number of nitrogens with one attached hydrogen (secondary N) is 1. The third-order valence-electron chi connectivity index (χ3n) is 5.17. The van der Waals surface area contributed by atoms with Crippen LogP contribution in [0.5, 0.6) is 5.75 Å². The first-order chi connectivity index (χ1) is 12.7. The average molecular weight is 353 g/mol. The molecule has 4 heteroatoms. The Hall–Kier alpha value is -2.33. The minimum absolute atomic E-state index is 0.123. The van der Waals surface area contributed by atoms with E-state index in [1.54, 1.807) is 7.11 Å². The number of carbonyl (C=O) groups is 1. The van der Waals surface area contributed by atoms with E-state index in [9.17, 15) is 4.79 Å². The third-order valence-corrected chi connectivity index (χ3v) is 5.17. The maximum atomic E-state index is 13.0. The van der Waals surface area contributed by atoms with Gasteiger partial charge in [-0.1, -0.05) is 42.5 Å². The lowest BCUT2D eigenvalue weighted by Gasteiger charge is -2.36. The third kappa shape index (κ3) is 4.25. The van der Waals surface area contributed by atoms with E-state index in [1.807, 2.05) is 36.4 Å². The molecule has 0 bridgehead atoms. The molecule has 0 aromatic heterocycles. The highest BCUT2D eigenvalue weighted by molar-refractivity contribution is 5.88. The zero-order chi connectivity index (χ0) is 18.2. The smallest absolute Gasteiger partial charge is 0.230 e. The second-order valence-corrected chi connectivity index (χ2v) is 6.77. The maximum Gasteiger partial charge on any atom is 0.230 e. The van der Waals surface area contributed by atoms with Gasteiger partial charge in [0.1, 0.15) is 5.75 Å². The number of carbonyl (C=O) groups excluding carboxylic acids is 1. The highest BCUT2D eigenvalue weighted by Crippen LogP contribution is 2.35. The van der Waals surface area contributed by atoms with Crippen molar-refractivity contribution in [1.82, 2.24) is 5.32 Å². The molecule has 1 fully saturated rings. The summed E-state index contributed by atoms with van der Waals surface area (Å²) in [7, 11) is 1.68. The highest BCUT2D eigenvalue weighted by atomic mass is 16.5. The predicted molar refractivity (Wildman–Crippen MR) is 102 cm³/mol. The fourth-order valence-electron chi connectivity index (χ4n) is 3.62. The summed E-state index contributed by atoms with van der Waals surface area (Å²) in [5.74, 6) is 0.995. The van der Waals surface area contributed by atoms with Gasteiger partial charge in [-0.15, -0.1) is 0 Å². The van der Waals surface area contributed by atoms with Crippen LogP contribution in [0, 0.1) is 0 Å². The molecule has 2 aromatic rings. The quantitative estimate of drug-likeness (QED) is 0.775. The molecule has 1 heterocycles. The Labute approximate surface area is 155 Å². The summed E-state index contributed by atoms with van der Waals surface area (Å²) in [6, 6.07) is 18.2. The number of amides is 1. The second-order valence-electron chi connectivity index (χ2n) is 6.77. The molecule has 26 heavy (non-hydrogen) atoms. The maximum absolute atomic E-state index is 13.0. The van der Waals surface area contributed by atoms with Gasteiger partial charge >= 0.3 is 0 Å². The topological polar surface area (TPSA) is 47.6 Å². The number of hydrogen-bond acceptors (Lipinski definition) is 3. The van der Waals surface area contributed by atoms with Crippen molar-refractivity contribution >= 4 is 5.91 Å². The lowest BCUT2D eigenvalue weighted by Crippen LogP contribution is -2.48. The Balaban J connectivity index is 1.58. The second kappa shape index (κ2) is 8.86. The van der Waals surface area contributed by atoms with Gasteiger partial charge in [0.05, 0.1) is 12.5 Å². The molecule has 0 unspecified atom stereocenters. The minimum atomic E-state index is -0.463. The van der Waals surface area contributed by atoms with Crippen LogP contribution in [0.2, 0.25) is 0 Å². The molecule has 1 amide bonds. The summed E-state index contributed by atoms with van der Waals surface area (Å²) < 4.78 is 10.8. The van der Waals surface area contributed by atoms with Gasteiger partial charge in [0.25, 0.3) is 0 Å². The van der Waals surface area contributed by atoms with Gasteiger partial charge in [0.15, 0.2) is 0 Å². The molecule has 2 aromatic carbocycles. The molecule has 0 atom stereocenters. The van der Waals surface area contributed by atoms with Gasteiger partial charge in [-0.2, -0.15) is 0 Å². The molecule has 1 aliphatic heterocycles. The van der Waals surface area contributed by atoms with E-state index in [2.05, 4.69) is 23.5 Å². The lowest BCUT2D eigenvalue weighted by atomic mass is 9.73. The van der Waals surface area contributed by atoms with Crippen molar-refractivity contribution in [2.24, 2.45) is 0 Å². The van der Waals surface area contributed by atoms with Gasteiger partial charge in [-0.25, -0.2) is 0 Å². The van der Waals surface area contributed by atoms with Crippen molar-refractivity contribution in [3.05, 3.63) is 65.7 Å². The molecule has 0 radical (unpaired) electrons. The average Bonchev–Trinajstić information content (AvgIpc) is 2.72. The normalized spacial score (nSPS) is 16.0. The number of aryl methyl sites for hydroxylation is 1. The summed E-state index contributed by atoms with van der Waals surface area (Å²) in [5, 5.41) is 3.16. The van der Waals surface area contributed by atoms with Crippen LogP contribution in [0.25, 0.3) is 0 Å². The fraction of sp³-hybridized carbons (Fsp3) is 0.409. The Morgan fingerprint density at radius 3 is 2.62 bits per heavy atom. The molecule has 0 spiro atoms. The molecule has 3 rings (SSSR count). The summed E-state index contributed by atoms with van der Waals surface area (Å²) in [6.45, 7) is 1.93. The van der Waals surface area contributed by atoms with E-state index >= 15 is 0 Å². The molecule has 1 saturated heterocycles. The minimum Gasteiger partial charge on any atom is -0.497 e. The number of rotatable bonds is 7. The van der Waals surface area contributed by atoms with Crippen molar-refractivity contribution in [3.63, 3.8) is 0 Å². The van der Waals surface area contributed by atoms with Gasteiger partial charge in [-0.3, -0.25) is 4.79 Å². The monoisotopic (exact) mass is 353 g/mol. The number of hydrogen-bond donors (Lipinski definition) is 1. The van der Waals surface area contributed by atoms with Crippen LogP contribution < -0.4 is 10.1 Å². The van der Waals surface area contributed by atoms with Crippen molar-refractivity contribution in [2.75, 3.05) is 26.9 Å². The Kier molecular flexibility index (Phi) is 6.29. The van der Waals surface area contributed by atoms with Gasteiger partial charge in [0.2, 0.25) is 5.91 Å². The first-order valence-electron chi connectivity index (χ1n) is 9.29. The lowest BCUT2D eigenvalue weighted by molar-refractivity contribution is -0.130. The van der Waals surface area contributed by atoms with E-state index in [1.165, 1.54) is 5.56 Å². The first-order valence-corrected chi connectivity index (χ1v) is 9.29. The molecule has 4 nitrogen and oxygen atoms in total. The highest BCUT2D eigenvalue weighted by Gasteiger charge is 2.41. The predicted octanol–water partition coefficient (Wildman–Crippen LogP) is 3.49. The van der Waals surface area contributed by atoms with Crippen molar-refractivity contribution in [2.45, 2.75) is 31.1 Å². The van der Waals surface area contributed by atoms with Crippen LogP contribution in [0.15, 0.2) is 54.6 Å². The van der Waals surface area contributed by atoms with Gasteiger partial charge in [0, 0.05) is 19.8 Å². The van der Waals surface area contributed by atoms with E-state index in [4.69, 9.17) is 9.47 Å². The van der Waals surface area contributed by atoms with Crippen LogP contribution >= 0.6 is 0 Å². The summed E-state index contributed by atoms with van der Waals surface area (Å²) in [5.41, 5.74) is 1.85. The Morgan fingerprint density at radius 1 is 1.12 bits per heavy atom. The van der Waals surface area contributed by atoms with Crippen LogP contribution in [0.4, 0.5) is 0 Å². The summed E-state index contributed by atoms with van der Waals surface area (Å²) in [4.78, 5) is 13.0. The van der Waals surface area contributed by atoms with Crippen molar-refractivity contribution < 1.29 is 14.3 Å². The van der Waals surface area contributed by atoms with Gasteiger partial charge in [-0.05, 0) is 48.9 Å². The molecule has 1 aliphatic rings. The van der Waals surface area contributed by atoms with E-state index in [-0.39, 0.29) is 5.91 Å². The molecule has 138 valence electrons. The number of methoxy groups -OCH3 is 1. The zero-order valence-corrected chi connectivity index (χ0v) is 15.4.